The molecule has 1 fully saturated rings. The van der Waals surface area contributed by atoms with E-state index in [-0.39, 0.29) is 11.7 Å². The van der Waals surface area contributed by atoms with E-state index in [0.717, 1.165) is 25.6 Å². The highest BCUT2D eigenvalue weighted by Gasteiger charge is 2.23. The first kappa shape index (κ1) is 9.74. The number of benzene rings is 1. The zero-order valence-electron chi connectivity index (χ0n) is 7.56. The molecule has 0 bridgehead atoms. The van der Waals surface area contributed by atoms with Crippen molar-refractivity contribution in [2.24, 2.45) is 0 Å². The molecule has 4 heteroatoms. The van der Waals surface area contributed by atoms with Gasteiger partial charge in [-0.25, -0.2) is 4.39 Å². The fraction of sp³-hybridized carbons (Fsp3) is 0.400. The van der Waals surface area contributed by atoms with Crippen LogP contribution in [-0.4, -0.2) is 18.2 Å². The van der Waals surface area contributed by atoms with Gasteiger partial charge in [0.1, 0.15) is 11.6 Å². The van der Waals surface area contributed by atoms with Crippen molar-refractivity contribution in [2.75, 3.05) is 13.1 Å². The third-order valence-electron chi connectivity index (χ3n) is 2.53. The molecule has 0 radical (unpaired) electrons. The van der Waals surface area contributed by atoms with Gasteiger partial charge in [-0.05, 0) is 19.0 Å². The summed E-state index contributed by atoms with van der Waals surface area (Å²) in [6.45, 7) is 1.64. The third kappa shape index (κ3) is 1.70. The lowest BCUT2D eigenvalue weighted by Gasteiger charge is -2.12. The Hall–Kier alpha value is -0.800. The SMILES string of the molecule is Oc1cc(F)c(C2CCNC2)c(Cl)c1. The molecule has 0 amide bonds. The lowest BCUT2D eigenvalue weighted by Crippen LogP contribution is -2.09. The fourth-order valence-electron chi connectivity index (χ4n) is 1.86. The van der Waals surface area contributed by atoms with Crippen molar-refractivity contribution >= 4 is 11.6 Å². The number of nitrogens with one attached hydrogen (secondary N) is 1. The lowest BCUT2D eigenvalue weighted by atomic mass is 9.97. The monoisotopic (exact) mass is 215 g/mol. The van der Waals surface area contributed by atoms with Crippen molar-refractivity contribution < 1.29 is 9.50 Å². The fourth-order valence-corrected chi connectivity index (χ4v) is 2.22. The number of hydrogen-bond acceptors (Lipinski definition) is 2. The maximum absolute atomic E-state index is 13.5. The molecular formula is C10H11ClFNO. The Morgan fingerprint density at radius 2 is 2.29 bits per heavy atom. The minimum Gasteiger partial charge on any atom is -0.508 e. The van der Waals surface area contributed by atoms with E-state index in [1.54, 1.807) is 0 Å². The Morgan fingerprint density at radius 3 is 2.86 bits per heavy atom. The highest BCUT2D eigenvalue weighted by atomic mass is 35.5. The zero-order valence-corrected chi connectivity index (χ0v) is 8.31. The summed E-state index contributed by atoms with van der Waals surface area (Å²) in [4.78, 5) is 0. The normalized spacial score (nSPS) is 21.4. The quantitative estimate of drug-likeness (QED) is 0.753. The van der Waals surface area contributed by atoms with E-state index in [0.29, 0.717) is 10.6 Å². The van der Waals surface area contributed by atoms with Gasteiger partial charge in [-0.3, -0.25) is 0 Å². The van der Waals surface area contributed by atoms with Crippen LogP contribution in [-0.2, 0) is 0 Å². The van der Waals surface area contributed by atoms with Crippen LogP contribution in [0.25, 0.3) is 0 Å². The molecule has 0 aliphatic carbocycles. The van der Waals surface area contributed by atoms with Crippen molar-refractivity contribution in [1.82, 2.24) is 5.32 Å². The van der Waals surface area contributed by atoms with Crippen LogP contribution >= 0.6 is 11.6 Å². The molecule has 1 saturated heterocycles. The summed E-state index contributed by atoms with van der Waals surface area (Å²) < 4.78 is 13.5. The largest absolute Gasteiger partial charge is 0.508 e. The minimum atomic E-state index is -0.413. The summed E-state index contributed by atoms with van der Waals surface area (Å²) in [7, 11) is 0. The first-order valence-corrected chi connectivity index (χ1v) is 4.95. The predicted octanol–water partition coefficient (Wildman–Crippen LogP) is 2.26. The Labute approximate surface area is 86.7 Å². The van der Waals surface area contributed by atoms with Crippen LogP contribution in [0, 0.1) is 5.82 Å². The van der Waals surface area contributed by atoms with E-state index in [9.17, 15) is 4.39 Å². The van der Waals surface area contributed by atoms with Gasteiger partial charge in [0.25, 0.3) is 0 Å². The zero-order chi connectivity index (χ0) is 10.1. The lowest BCUT2D eigenvalue weighted by molar-refractivity contribution is 0.466. The second-order valence-corrected chi connectivity index (χ2v) is 3.92. The molecule has 0 spiro atoms. The van der Waals surface area contributed by atoms with Crippen molar-refractivity contribution in [2.45, 2.75) is 12.3 Å². The molecule has 1 aliphatic rings. The van der Waals surface area contributed by atoms with E-state index >= 15 is 0 Å². The van der Waals surface area contributed by atoms with Crippen LogP contribution in [0.3, 0.4) is 0 Å². The van der Waals surface area contributed by atoms with Crippen LogP contribution in [0.5, 0.6) is 5.75 Å². The number of halogens is 2. The molecule has 1 aromatic rings. The molecule has 76 valence electrons. The average molecular weight is 216 g/mol. The maximum atomic E-state index is 13.5. The van der Waals surface area contributed by atoms with Gasteiger partial charge in [0.2, 0.25) is 0 Å². The van der Waals surface area contributed by atoms with Crippen LogP contribution in [0.1, 0.15) is 17.9 Å². The number of aromatic hydroxyl groups is 1. The summed E-state index contributed by atoms with van der Waals surface area (Å²) in [6, 6.07) is 2.50. The highest BCUT2D eigenvalue weighted by molar-refractivity contribution is 6.31. The molecule has 2 N–H and O–H groups in total. The first-order valence-electron chi connectivity index (χ1n) is 4.57. The summed E-state index contributed by atoms with van der Waals surface area (Å²) in [5, 5.41) is 12.6. The van der Waals surface area contributed by atoms with Crippen molar-refractivity contribution in [1.29, 1.82) is 0 Å². The van der Waals surface area contributed by atoms with E-state index in [1.807, 2.05) is 0 Å². The van der Waals surface area contributed by atoms with E-state index in [2.05, 4.69) is 5.32 Å². The van der Waals surface area contributed by atoms with Crippen molar-refractivity contribution in [3.8, 4) is 5.75 Å². The van der Waals surface area contributed by atoms with Crippen LogP contribution in [0.15, 0.2) is 12.1 Å². The standard InChI is InChI=1S/C10H11ClFNO/c11-8-3-7(14)4-9(12)10(8)6-1-2-13-5-6/h3-4,6,13-14H,1-2,5H2. The summed E-state index contributed by atoms with van der Waals surface area (Å²) in [6.07, 6.45) is 0.890. The van der Waals surface area contributed by atoms with Gasteiger partial charge in [-0.15, -0.1) is 0 Å². The maximum Gasteiger partial charge on any atom is 0.131 e. The van der Waals surface area contributed by atoms with Gasteiger partial charge in [-0.1, -0.05) is 11.6 Å². The third-order valence-corrected chi connectivity index (χ3v) is 2.85. The minimum absolute atomic E-state index is 0.123. The summed E-state index contributed by atoms with van der Waals surface area (Å²) >= 11 is 5.89. The highest BCUT2D eigenvalue weighted by Crippen LogP contribution is 2.33. The molecule has 1 aliphatic heterocycles. The Morgan fingerprint density at radius 1 is 1.50 bits per heavy atom. The van der Waals surface area contributed by atoms with Gasteiger partial charge >= 0.3 is 0 Å². The molecule has 1 aromatic carbocycles. The molecule has 1 unspecified atom stereocenters. The number of rotatable bonds is 1. The molecule has 2 rings (SSSR count). The molecule has 14 heavy (non-hydrogen) atoms. The molecule has 2 nitrogen and oxygen atoms in total. The van der Waals surface area contributed by atoms with Crippen molar-refractivity contribution in [3.63, 3.8) is 0 Å². The number of hydrogen-bond donors (Lipinski definition) is 2. The van der Waals surface area contributed by atoms with E-state index < -0.39 is 5.82 Å². The predicted molar refractivity (Wildman–Crippen MR) is 53.3 cm³/mol. The first-order chi connectivity index (χ1) is 6.68. The van der Waals surface area contributed by atoms with Gasteiger partial charge in [0.15, 0.2) is 0 Å². The topological polar surface area (TPSA) is 32.3 Å². The molecule has 1 heterocycles. The Kier molecular flexibility index (Phi) is 2.61. The van der Waals surface area contributed by atoms with Gasteiger partial charge in [0, 0.05) is 24.1 Å². The van der Waals surface area contributed by atoms with E-state index in [4.69, 9.17) is 16.7 Å². The van der Waals surface area contributed by atoms with Crippen LogP contribution in [0.4, 0.5) is 4.39 Å². The van der Waals surface area contributed by atoms with Crippen molar-refractivity contribution in [3.05, 3.63) is 28.5 Å². The van der Waals surface area contributed by atoms with Gasteiger partial charge in [0.05, 0.1) is 5.02 Å². The Bertz CT molecular complexity index is 327. The van der Waals surface area contributed by atoms with E-state index in [1.165, 1.54) is 6.07 Å². The molecule has 0 aromatic heterocycles. The summed E-state index contributed by atoms with van der Waals surface area (Å²) in [5.41, 5.74) is 0.523. The smallest absolute Gasteiger partial charge is 0.131 e. The second-order valence-electron chi connectivity index (χ2n) is 3.51. The summed E-state index contributed by atoms with van der Waals surface area (Å²) in [5.74, 6) is -0.408. The van der Waals surface area contributed by atoms with Crippen LogP contribution in [0.2, 0.25) is 5.02 Å². The molecular weight excluding hydrogens is 205 g/mol. The van der Waals surface area contributed by atoms with Crippen LogP contribution < -0.4 is 5.32 Å². The van der Waals surface area contributed by atoms with Gasteiger partial charge in [-0.2, -0.15) is 0 Å². The Balaban J connectivity index is 2.40. The number of phenolic OH excluding ortho intramolecular Hbond substituents is 1. The average Bonchev–Trinajstić information content (AvgIpc) is 2.54. The second kappa shape index (κ2) is 3.75. The number of phenols is 1. The molecule has 1 atom stereocenters. The molecule has 0 saturated carbocycles. The van der Waals surface area contributed by atoms with Gasteiger partial charge < -0.3 is 10.4 Å².